The Balaban J connectivity index is 1.51. The summed E-state index contributed by atoms with van der Waals surface area (Å²) in [6.45, 7) is 0.836. The minimum atomic E-state index is -0.556. The number of carbonyl (C=O) groups is 1. The number of aliphatic hydroxyl groups is 1. The summed E-state index contributed by atoms with van der Waals surface area (Å²) >= 11 is 0. The number of carbonyl (C=O) groups excluding carboxylic acids is 1. The highest BCUT2D eigenvalue weighted by molar-refractivity contribution is 5.94. The van der Waals surface area contributed by atoms with E-state index in [-0.39, 0.29) is 11.8 Å². The van der Waals surface area contributed by atoms with E-state index in [0.29, 0.717) is 30.6 Å². The summed E-state index contributed by atoms with van der Waals surface area (Å²) in [6.07, 6.45) is 1.93. The number of likely N-dealkylation sites (tertiary alicyclic amines) is 1. The van der Waals surface area contributed by atoms with Crippen LogP contribution in [-0.2, 0) is 6.42 Å². The number of nitrogens with zero attached hydrogens (tertiary/aromatic N) is 3. The van der Waals surface area contributed by atoms with Crippen molar-refractivity contribution in [2.24, 2.45) is 5.92 Å². The largest absolute Gasteiger partial charge is 0.391 e. The van der Waals surface area contributed by atoms with Crippen LogP contribution in [0, 0.1) is 17.2 Å². The Hall–Kier alpha value is -3.23. The zero-order valence-corrected chi connectivity index (χ0v) is 14.7. The van der Waals surface area contributed by atoms with Gasteiger partial charge in [-0.3, -0.25) is 9.78 Å². The van der Waals surface area contributed by atoms with Gasteiger partial charge in [-0.2, -0.15) is 5.26 Å². The van der Waals surface area contributed by atoms with Gasteiger partial charge in [0.25, 0.3) is 5.91 Å². The summed E-state index contributed by atoms with van der Waals surface area (Å²) in [7, 11) is 0. The number of hydrogen-bond donors (Lipinski definition) is 1. The Bertz CT molecular complexity index is 1020. The lowest BCUT2D eigenvalue weighted by Gasteiger charge is -2.16. The first-order valence-corrected chi connectivity index (χ1v) is 8.96. The van der Waals surface area contributed by atoms with Crippen LogP contribution in [0.4, 0.5) is 0 Å². The van der Waals surface area contributed by atoms with Gasteiger partial charge in [-0.05, 0) is 48.4 Å². The molecular weight excluding hydrogens is 338 g/mol. The average molecular weight is 357 g/mol. The molecule has 2 aromatic carbocycles. The second-order valence-corrected chi connectivity index (χ2v) is 6.92. The predicted molar refractivity (Wildman–Crippen MR) is 102 cm³/mol. The molecule has 0 aliphatic carbocycles. The van der Waals surface area contributed by atoms with E-state index in [9.17, 15) is 9.90 Å². The van der Waals surface area contributed by atoms with E-state index in [4.69, 9.17) is 5.26 Å². The lowest BCUT2D eigenvalue weighted by molar-refractivity contribution is 0.0764. The molecule has 1 aromatic heterocycles. The molecule has 0 saturated carbocycles. The normalized spacial score (nSPS) is 19.2. The lowest BCUT2D eigenvalue weighted by Crippen LogP contribution is -2.29. The molecule has 0 radical (unpaired) electrons. The van der Waals surface area contributed by atoms with Gasteiger partial charge in [-0.15, -0.1) is 0 Å². The van der Waals surface area contributed by atoms with E-state index in [0.717, 1.165) is 16.5 Å². The number of benzene rings is 2. The highest BCUT2D eigenvalue weighted by Gasteiger charge is 2.34. The number of para-hydroxylation sites is 1. The van der Waals surface area contributed by atoms with Crippen LogP contribution in [0.25, 0.3) is 10.9 Å². The minimum absolute atomic E-state index is 0.0156. The maximum Gasteiger partial charge on any atom is 0.253 e. The van der Waals surface area contributed by atoms with Crippen LogP contribution in [0.1, 0.15) is 21.5 Å². The van der Waals surface area contributed by atoms with E-state index >= 15 is 0 Å². The summed E-state index contributed by atoms with van der Waals surface area (Å²) in [5, 5.41) is 20.5. The first kappa shape index (κ1) is 17.2. The van der Waals surface area contributed by atoms with E-state index in [2.05, 4.69) is 4.98 Å². The molecule has 1 saturated heterocycles. The summed E-state index contributed by atoms with van der Waals surface area (Å²) in [5.41, 5.74) is 3.14. The number of aliphatic hydroxyl groups excluding tert-OH is 1. The maximum absolute atomic E-state index is 12.7. The van der Waals surface area contributed by atoms with Gasteiger partial charge in [0.1, 0.15) is 0 Å². The van der Waals surface area contributed by atoms with Crippen molar-refractivity contribution in [2.45, 2.75) is 12.5 Å². The molecule has 2 atom stereocenters. The van der Waals surface area contributed by atoms with E-state index in [1.54, 1.807) is 35.4 Å². The van der Waals surface area contributed by atoms with Crippen LogP contribution in [0.15, 0.2) is 60.8 Å². The zero-order valence-electron chi connectivity index (χ0n) is 14.7. The van der Waals surface area contributed by atoms with Crippen molar-refractivity contribution < 1.29 is 9.90 Å². The molecule has 0 unspecified atom stereocenters. The predicted octanol–water partition coefficient (Wildman–Crippen LogP) is 2.78. The summed E-state index contributed by atoms with van der Waals surface area (Å²) in [6, 6.07) is 18.6. The van der Waals surface area contributed by atoms with Crippen LogP contribution >= 0.6 is 0 Å². The minimum Gasteiger partial charge on any atom is -0.391 e. The van der Waals surface area contributed by atoms with Crippen molar-refractivity contribution >= 4 is 16.8 Å². The molecule has 1 aliphatic heterocycles. The fourth-order valence-electron chi connectivity index (χ4n) is 3.71. The molecule has 0 bridgehead atoms. The molecule has 27 heavy (non-hydrogen) atoms. The van der Waals surface area contributed by atoms with E-state index in [1.807, 2.05) is 36.4 Å². The summed E-state index contributed by atoms with van der Waals surface area (Å²) in [5.74, 6) is -0.126. The number of nitriles is 1. The van der Waals surface area contributed by atoms with E-state index < -0.39 is 6.10 Å². The van der Waals surface area contributed by atoms with Crippen molar-refractivity contribution in [1.82, 2.24) is 9.88 Å². The summed E-state index contributed by atoms with van der Waals surface area (Å²) < 4.78 is 0. The smallest absolute Gasteiger partial charge is 0.253 e. The van der Waals surface area contributed by atoms with Crippen molar-refractivity contribution in [3.63, 3.8) is 0 Å². The fourth-order valence-corrected chi connectivity index (χ4v) is 3.71. The van der Waals surface area contributed by atoms with Gasteiger partial charge in [0.15, 0.2) is 0 Å². The van der Waals surface area contributed by atoms with Gasteiger partial charge >= 0.3 is 0 Å². The van der Waals surface area contributed by atoms with Crippen LogP contribution in [0.5, 0.6) is 0 Å². The molecule has 1 N–H and O–H groups in total. The van der Waals surface area contributed by atoms with Gasteiger partial charge in [0, 0.05) is 36.2 Å². The molecule has 1 aliphatic rings. The van der Waals surface area contributed by atoms with Crippen LogP contribution < -0.4 is 0 Å². The quantitative estimate of drug-likeness (QED) is 0.782. The standard InChI is InChI=1S/C22H19N3O2/c23-12-15-5-7-16(8-6-15)22(27)25-13-18(21(26)14-25)11-17-9-10-24-20-4-2-1-3-19(17)20/h1-10,18,21,26H,11,13-14H2/t18-,21+/m1/s1. The molecule has 1 amide bonds. The second kappa shape index (κ2) is 7.18. The molecule has 4 rings (SSSR count). The van der Waals surface area contributed by atoms with E-state index in [1.165, 1.54) is 0 Å². The van der Waals surface area contributed by atoms with Crippen LogP contribution in [0.2, 0.25) is 0 Å². The monoisotopic (exact) mass is 357 g/mol. The maximum atomic E-state index is 12.7. The molecule has 5 heteroatoms. The molecular formula is C22H19N3O2. The number of amides is 1. The SMILES string of the molecule is N#Cc1ccc(C(=O)N2C[C@@H](Cc3ccnc4ccccc34)[C@@H](O)C2)cc1. The topological polar surface area (TPSA) is 77.2 Å². The van der Waals surface area contributed by atoms with Crippen molar-refractivity contribution in [3.05, 3.63) is 77.5 Å². The van der Waals surface area contributed by atoms with Crippen LogP contribution in [0.3, 0.4) is 0 Å². The van der Waals surface area contributed by atoms with Gasteiger partial charge < -0.3 is 10.0 Å². The van der Waals surface area contributed by atoms with Gasteiger partial charge in [0.2, 0.25) is 0 Å². The molecule has 0 spiro atoms. The first-order chi connectivity index (χ1) is 13.2. The number of fused-ring (bicyclic) bond motifs is 1. The van der Waals surface area contributed by atoms with Gasteiger partial charge in [-0.25, -0.2) is 0 Å². The number of aromatic nitrogens is 1. The molecule has 1 fully saturated rings. The number of pyridine rings is 1. The Morgan fingerprint density at radius 2 is 1.93 bits per heavy atom. The third-order valence-corrected chi connectivity index (χ3v) is 5.18. The zero-order chi connectivity index (χ0) is 18.8. The Morgan fingerprint density at radius 3 is 2.70 bits per heavy atom. The molecule has 2 heterocycles. The van der Waals surface area contributed by atoms with Crippen LogP contribution in [-0.4, -0.2) is 40.1 Å². The van der Waals surface area contributed by atoms with Crippen molar-refractivity contribution in [3.8, 4) is 6.07 Å². The second-order valence-electron chi connectivity index (χ2n) is 6.92. The van der Waals surface area contributed by atoms with Crippen molar-refractivity contribution in [1.29, 1.82) is 5.26 Å². The van der Waals surface area contributed by atoms with Gasteiger partial charge in [-0.1, -0.05) is 18.2 Å². The number of β-amino-alcohol motifs (C(OH)–C–C–N with tert-alkyl or cyclic N) is 1. The Morgan fingerprint density at radius 1 is 1.15 bits per heavy atom. The first-order valence-electron chi connectivity index (χ1n) is 8.96. The van der Waals surface area contributed by atoms with Gasteiger partial charge in [0.05, 0.1) is 23.3 Å². The summed E-state index contributed by atoms with van der Waals surface area (Å²) in [4.78, 5) is 18.8. The highest BCUT2D eigenvalue weighted by Crippen LogP contribution is 2.26. The number of rotatable bonds is 3. The average Bonchev–Trinajstić information content (AvgIpc) is 3.08. The third-order valence-electron chi connectivity index (χ3n) is 5.18. The third kappa shape index (κ3) is 3.40. The molecule has 3 aromatic rings. The highest BCUT2D eigenvalue weighted by atomic mass is 16.3. The van der Waals surface area contributed by atoms with Crippen molar-refractivity contribution in [2.75, 3.05) is 13.1 Å². The lowest BCUT2D eigenvalue weighted by atomic mass is 9.94. The number of hydrogen-bond acceptors (Lipinski definition) is 4. The molecule has 134 valence electrons. The Kier molecular flexibility index (Phi) is 4.57. The Labute approximate surface area is 157 Å². The fraction of sp³-hybridized carbons (Fsp3) is 0.227. The molecule has 5 nitrogen and oxygen atoms in total.